The predicted octanol–water partition coefficient (Wildman–Crippen LogP) is 1.31. The highest BCUT2D eigenvalue weighted by atomic mass is 32.2. The molecule has 0 unspecified atom stereocenters. The van der Waals surface area contributed by atoms with E-state index in [1.165, 1.54) is 17.8 Å². The number of amides is 2. The number of hydrogen-bond acceptors (Lipinski definition) is 5. The molecule has 0 radical (unpaired) electrons. The molecule has 0 spiro atoms. The molecule has 0 atom stereocenters. The molecular weight excluding hydrogens is 357 g/mol. The van der Waals surface area contributed by atoms with Crippen molar-refractivity contribution in [3.8, 4) is 0 Å². The van der Waals surface area contributed by atoms with Crippen molar-refractivity contribution in [1.29, 1.82) is 0 Å². The Bertz CT molecular complexity index is 765. The van der Waals surface area contributed by atoms with Crippen molar-refractivity contribution < 1.29 is 14.0 Å². The maximum Gasteiger partial charge on any atom is 0.230 e. The quantitative estimate of drug-likeness (QED) is 0.606. The van der Waals surface area contributed by atoms with E-state index in [4.69, 9.17) is 5.73 Å². The molecule has 7 nitrogen and oxygen atoms in total. The van der Waals surface area contributed by atoms with Crippen LogP contribution in [-0.2, 0) is 29.0 Å². The minimum Gasteiger partial charge on any atom is -0.370 e. The zero-order valence-corrected chi connectivity index (χ0v) is 15.4. The molecule has 2 rings (SSSR count). The van der Waals surface area contributed by atoms with Crippen molar-refractivity contribution in [2.45, 2.75) is 37.9 Å². The Hall–Kier alpha value is -2.42. The van der Waals surface area contributed by atoms with Gasteiger partial charge in [0.05, 0.1) is 5.75 Å². The lowest BCUT2D eigenvalue weighted by Crippen LogP contribution is -2.27. The van der Waals surface area contributed by atoms with Gasteiger partial charge in [0.2, 0.25) is 11.8 Å². The number of aryl methyl sites for hydroxylation is 1. The Morgan fingerprint density at radius 3 is 2.73 bits per heavy atom. The SMILES string of the molecule is CCn1c(CCC(N)=O)nnc1SCC(=O)NCCc1ccccc1F. The Balaban J connectivity index is 1.80. The van der Waals surface area contributed by atoms with Crippen LogP contribution in [0, 0.1) is 5.82 Å². The highest BCUT2D eigenvalue weighted by molar-refractivity contribution is 7.99. The molecule has 0 fully saturated rings. The maximum atomic E-state index is 13.5. The van der Waals surface area contributed by atoms with Crippen LogP contribution >= 0.6 is 11.8 Å². The van der Waals surface area contributed by atoms with E-state index in [0.717, 1.165) is 0 Å². The molecule has 1 heterocycles. The smallest absolute Gasteiger partial charge is 0.230 e. The number of aromatic nitrogens is 3. The first-order chi connectivity index (χ1) is 12.5. The number of nitrogens with one attached hydrogen (secondary N) is 1. The topological polar surface area (TPSA) is 103 Å². The van der Waals surface area contributed by atoms with Crippen LogP contribution in [-0.4, -0.2) is 38.9 Å². The van der Waals surface area contributed by atoms with Crippen LogP contribution in [0.15, 0.2) is 29.4 Å². The Labute approximate surface area is 155 Å². The fraction of sp³-hybridized carbons (Fsp3) is 0.412. The highest BCUT2D eigenvalue weighted by Crippen LogP contribution is 2.17. The summed E-state index contributed by atoms with van der Waals surface area (Å²) in [4.78, 5) is 22.9. The van der Waals surface area contributed by atoms with Crippen LogP contribution in [0.1, 0.15) is 24.7 Å². The van der Waals surface area contributed by atoms with Crippen LogP contribution in [0.5, 0.6) is 0 Å². The number of carbonyl (C=O) groups excluding carboxylic acids is 2. The summed E-state index contributed by atoms with van der Waals surface area (Å²) in [5.41, 5.74) is 5.73. The third-order valence-corrected chi connectivity index (χ3v) is 4.68. The zero-order chi connectivity index (χ0) is 18.9. The van der Waals surface area contributed by atoms with Crippen molar-refractivity contribution in [3.05, 3.63) is 41.5 Å². The molecule has 9 heteroatoms. The van der Waals surface area contributed by atoms with Gasteiger partial charge < -0.3 is 15.6 Å². The number of hydrogen-bond donors (Lipinski definition) is 2. The lowest BCUT2D eigenvalue weighted by atomic mass is 10.1. The lowest BCUT2D eigenvalue weighted by molar-refractivity contribution is -0.119. The average Bonchev–Trinajstić information content (AvgIpc) is 3.01. The summed E-state index contributed by atoms with van der Waals surface area (Å²) in [6.07, 6.45) is 1.07. The lowest BCUT2D eigenvalue weighted by Gasteiger charge is -2.08. The molecule has 26 heavy (non-hydrogen) atoms. The molecule has 0 saturated heterocycles. The number of rotatable bonds is 10. The number of nitrogens with zero attached hydrogens (tertiary/aromatic N) is 3. The Morgan fingerprint density at radius 2 is 2.04 bits per heavy atom. The summed E-state index contributed by atoms with van der Waals surface area (Å²) < 4.78 is 15.4. The second-order valence-corrected chi connectivity index (χ2v) is 6.53. The Morgan fingerprint density at radius 1 is 1.27 bits per heavy atom. The van der Waals surface area contributed by atoms with Gasteiger partial charge in [0.25, 0.3) is 0 Å². The van der Waals surface area contributed by atoms with E-state index in [0.29, 0.717) is 42.5 Å². The first-order valence-electron chi connectivity index (χ1n) is 8.34. The van der Waals surface area contributed by atoms with E-state index in [1.54, 1.807) is 18.2 Å². The van der Waals surface area contributed by atoms with Gasteiger partial charge in [0.15, 0.2) is 5.16 Å². The van der Waals surface area contributed by atoms with Gasteiger partial charge in [0, 0.05) is 25.9 Å². The molecule has 3 N–H and O–H groups in total. The van der Waals surface area contributed by atoms with Gasteiger partial charge in [-0.2, -0.15) is 0 Å². The van der Waals surface area contributed by atoms with Crippen molar-refractivity contribution >= 4 is 23.6 Å². The van der Waals surface area contributed by atoms with E-state index >= 15 is 0 Å². The van der Waals surface area contributed by atoms with Crippen molar-refractivity contribution in [1.82, 2.24) is 20.1 Å². The summed E-state index contributed by atoms with van der Waals surface area (Å²) in [7, 11) is 0. The molecule has 0 aliphatic rings. The predicted molar refractivity (Wildman–Crippen MR) is 97.0 cm³/mol. The number of nitrogens with two attached hydrogens (primary N) is 1. The molecule has 0 saturated carbocycles. The number of carbonyl (C=O) groups is 2. The molecule has 0 bridgehead atoms. The van der Waals surface area contributed by atoms with Gasteiger partial charge in [-0.15, -0.1) is 10.2 Å². The van der Waals surface area contributed by atoms with Crippen LogP contribution in [0.3, 0.4) is 0 Å². The summed E-state index contributed by atoms with van der Waals surface area (Å²) in [5, 5.41) is 11.5. The molecular formula is C17H22FN5O2S. The highest BCUT2D eigenvalue weighted by Gasteiger charge is 2.13. The van der Waals surface area contributed by atoms with Crippen molar-refractivity contribution in [2.75, 3.05) is 12.3 Å². The van der Waals surface area contributed by atoms with Crippen LogP contribution in [0.25, 0.3) is 0 Å². The minimum atomic E-state index is -0.390. The standard InChI is InChI=1S/C17H22FN5O2S/c1-2-23-15(8-7-14(19)24)21-22-17(23)26-11-16(25)20-10-9-12-5-3-4-6-13(12)18/h3-6H,2,7-11H2,1H3,(H2,19,24)(H,20,25). The third-order valence-electron chi connectivity index (χ3n) is 3.71. The fourth-order valence-corrected chi connectivity index (χ4v) is 3.23. The van der Waals surface area contributed by atoms with Gasteiger partial charge in [-0.25, -0.2) is 4.39 Å². The van der Waals surface area contributed by atoms with Gasteiger partial charge in [-0.3, -0.25) is 9.59 Å². The zero-order valence-electron chi connectivity index (χ0n) is 14.6. The van der Waals surface area contributed by atoms with Crippen LogP contribution in [0.2, 0.25) is 0 Å². The minimum absolute atomic E-state index is 0.157. The van der Waals surface area contributed by atoms with Crippen molar-refractivity contribution in [3.63, 3.8) is 0 Å². The number of benzene rings is 1. The second kappa shape index (κ2) is 9.91. The van der Waals surface area contributed by atoms with Gasteiger partial charge >= 0.3 is 0 Å². The van der Waals surface area contributed by atoms with E-state index in [1.807, 2.05) is 11.5 Å². The normalized spacial score (nSPS) is 10.7. The van der Waals surface area contributed by atoms with E-state index in [-0.39, 0.29) is 29.8 Å². The number of primary amides is 1. The number of thioether (sulfide) groups is 1. The first kappa shape index (κ1) is 19.9. The molecule has 0 aliphatic heterocycles. The molecule has 2 aromatic rings. The monoisotopic (exact) mass is 379 g/mol. The van der Waals surface area contributed by atoms with Crippen LogP contribution < -0.4 is 11.1 Å². The second-order valence-electron chi connectivity index (χ2n) is 5.59. The van der Waals surface area contributed by atoms with Crippen molar-refractivity contribution in [2.24, 2.45) is 5.73 Å². The van der Waals surface area contributed by atoms with E-state index in [2.05, 4.69) is 15.5 Å². The molecule has 2 amide bonds. The Kier molecular flexibility index (Phi) is 7.58. The average molecular weight is 379 g/mol. The van der Waals surface area contributed by atoms with E-state index in [9.17, 15) is 14.0 Å². The molecule has 1 aromatic heterocycles. The summed E-state index contributed by atoms with van der Waals surface area (Å²) in [6.45, 7) is 2.94. The summed E-state index contributed by atoms with van der Waals surface area (Å²) in [6, 6.07) is 6.51. The van der Waals surface area contributed by atoms with Gasteiger partial charge in [-0.05, 0) is 25.0 Å². The molecule has 140 valence electrons. The van der Waals surface area contributed by atoms with Gasteiger partial charge in [-0.1, -0.05) is 30.0 Å². The van der Waals surface area contributed by atoms with Crippen LogP contribution in [0.4, 0.5) is 4.39 Å². The largest absolute Gasteiger partial charge is 0.370 e. The summed E-state index contributed by atoms with van der Waals surface area (Å²) in [5.74, 6) is 0.0461. The molecule has 1 aromatic carbocycles. The summed E-state index contributed by atoms with van der Waals surface area (Å²) >= 11 is 1.27. The van der Waals surface area contributed by atoms with E-state index < -0.39 is 0 Å². The maximum absolute atomic E-state index is 13.5. The van der Waals surface area contributed by atoms with Gasteiger partial charge in [0.1, 0.15) is 11.6 Å². The molecule has 0 aliphatic carbocycles. The third kappa shape index (κ3) is 5.83. The number of halogens is 1. The first-order valence-corrected chi connectivity index (χ1v) is 9.33. The fourth-order valence-electron chi connectivity index (χ4n) is 2.38.